The van der Waals surface area contributed by atoms with Gasteiger partial charge in [-0.05, 0) is 24.3 Å². The van der Waals surface area contributed by atoms with Gasteiger partial charge in [-0.3, -0.25) is 0 Å². The molecule has 0 N–H and O–H groups in total. The number of benzene rings is 1. The van der Waals surface area contributed by atoms with Crippen molar-refractivity contribution in [2.24, 2.45) is 8.80 Å². The largest absolute Gasteiger partial charge is 0.458 e. The van der Waals surface area contributed by atoms with Crippen LogP contribution in [0.5, 0.6) is 0 Å². The molecule has 10 heteroatoms. The van der Waals surface area contributed by atoms with Gasteiger partial charge in [0.2, 0.25) is 23.7 Å². The summed E-state index contributed by atoms with van der Waals surface area (Å²) in [6, 6.07) is 6.19. The summed E-state index contributed by atoms with van der Waals surface area (Å²) in [5, 5.41) is 0. The molecule has 0 fully saturated rings. The van der Waals surface area contributed by atoms with Gasteiger partial charge >= 0.3 is 0 Å². The fourth-order valence-electron chi connectivity index (χ4n) is 1.65. The third-order valence-electron chi connectivity index (χ3n) is 2.51. The van der Waals surface area contributed by atoms with Crippen LogP contribution in [0.15, 0.2) is 33.1 Å². The van der Waals surface area contributed by atoms with Crippen LogP contribution in [-0.2, 0) is 29.5 Å². The van der Waals surface area contributed by atoms with Crippen LogP contribution in [0.1, 0.15) is 11.1 Å². The number of sulfonamides is 2. The molecule has 0 aliphatic carbocycles. The fourth-order valence-corrected chi connectivity index (χ4v) is 3.09. The maximum atomic E-state index is 11.1. The standard InChI is InChI=1S/C10H8N2O6S2/c13-19(14)5-17-9(11-19)7-1-2-8(4-3-7)10-12-20(15,16)6-18-10/h1-4H,5-6H2. The summed E-state index contributed by atoms with van der Waals surface area (Å²) in [6.45, 7) is 0. The van der Waals surface area contributed by atoms with Crippen LogP contribution in [-0.4, -0.2) is 40.5 Å². The van der Waals surface area contributed by atoms with Crippen molar-refractivity contribution >= 4 is 31.8 Å². The average molecular weight is 316 g/mol. The molecule has 106 valence electrons. The SMILES string of the molecule is O=S1(=O)COC(c2ccc(C3=NS(=O)(=O)CO3)cc2)=N1. The average Bonchev–Trinajstić information content (AvgIpc) is 2.92. The van der Waals surface area contributed by atoms with E-state index in [0.717, 1.165) is 0 Å². The van der Waals surface area contributed by atoms with Gasteiger partial charge in [-0.25, -0.2) is 16.8 Å². The second-order valence-corrected chi connectivity index (χ2v) is 7.22. The molecule has 2 heterocycles. The van der Waals surface area contributed by atoms with Gasteiger partial charge in [-0.15, -0.1) is 8.80 Å². The molecule has 0 aromatic heterocycles. The quantitative estimate of drug-likeness (QED) is 0.748. The van der Waals surface area contributed by atoms with Gasteiger partial charge in [-0.2, -0.15) is 0 Å². The van der Waals surface area contributed by atoms with Crippen molar-refractivity contribution in [3.05, 3.63) is 35.4 Å². The molecule has 20 heavy (non-hydrogen) atoms. The van der Waals surface area contributed by atoms with Gasteiger partial charge in [0, 0.05) is 11.1 Å². The molecule has 0 spiro atoms. The number of hydrogen-bond acceptors (Lipinski definition) is 6. The molecular weight excluding hydrogens is 308 g/mol. The lowest BCUT2D eigenvalue weighted by atomic mass is 10.1. The van der Waals surface area contributed by atoms with Crippen LogP contribution in [0.3, 0.4) is 0 Å². The second kappa shape index (κ2) is 4.28. The predicted molar refractivity (Wildman–Crippen MR) is 69.3 cm³/mol. The molecule has 0 unspecified atom stereocenters. The Morgan fingerprint density at radius 1 is 0.750 bits per heavy atom. The molecular formula is C10H8N2O6S2. The number of nitrogens with zero attached hydrogens (tertiary/aromatic N) is 2. The molecule has 0 bridgehead atoms. The first-order valence-electron chi connectivity index (χ1n) is 5.36. The van der Waals surface area contributed by atoms with Gasteiger partial charge in [0.25, 0.3) is 20.0 Å². The third kappa shape index (κ3) is 2.51. The van der Waals surface area contributed by atoms with E-state index < -0.39 is 31.9 Å². The molecule has 0 saturated carbocycles. The molecule has 1 aromatic rings. The Bertz CT molecular complexity index is 750. The Kier molecular flexibility index (Phi) is 2.80. The van der Waals surface area contributed by atoms with E-state index in [0.29, 0.717) is 11.1 Å². The van der Waals surface area contributed by atoms with E-state index in [2.05, 4.69) is 8.80 Å². The van der Waals surface area contributed by atoms with Crippen molar-refractivity contribution in [1.82, 2.24) is 0 Å². The van der Waals surface area contributed by atoms with Gasteiger partial charge in [-0.1, -0.05) is 0 Å². The number of hydrogen-bond donors (Lipinski definition) is 0. The first-order chi connectivity index (χ1) is 9.35. The number of rotatable bonds is 2. The lowest BCUT2D eigenvalue weighted by molar-refractivity contribution is 0.381. The molecule has 8 nitrogen and oxygen atoms in total. The van der Waals surface area contributed by atoms with E-state index in [1.807, 2.05) is 0 Å². The Labute approximate surface area is 114 Å². The highest BCUT2D eigenvalue weighted by atomic mass is 32.2. The molecule has 0 atom stereocenters. The van der Waals surface area contributed by atoms with Crippen LogP contribution >= 0.6 is 0 Å². The number of ether oxygens (including phenoxy) is 2. The zero-order valence-electron chi connectivity index (χ0n) is 9.88. The van der Waals surface area contributed by atoms with Crippen molar-refractivity contribution in [2.75, 3.05) is 11.9 Å². The zero-order chi connectivity index (χ0) is 14.4. The van der Waals surface area contributed by atoms with E-state index in [9.17, 15) is 16.8 Å². The highest BCUT2D eigenvalue weighted by molar-refractivity contribution is 7.90. The normalized spacial score (nSPS) is 22.6. The van der Waals surface area contributed by atoms with E-state index in [1.165, 1.54) is 0 Å². The lowest BCUT2D eigenvalue weighted by Crippen LogP contribution is -2.04. The Morgan fingerprint density at radius 2 is 1.10 bits per heavy atom. The molecule has 3 rings (SSSR count). The van der Waals surface area contributed by atoms with Gasteiger partial charge in [0.1, 0.15) is 0 Å². The minimum absolute atomic E-state index is 0.0125. The van der Waals surface area contributed by atoms with Crippen molar-refractivity contribution in [2.45, 2.75) is 0 Å². The Morgan fingerprint density at radius 3 is 1.35 bits per heavy atom. The second-order valence-electron chi connectivity index (χ2n) is 4.06. The van der Waals surface area contributed by atoms with E-state index >= 15 is 0 Å². The maximum absolute atomic E-state index is 11.1. The third-order valence-corrected chi connectivity index (χ3v) is 4.23. The molecule has 0 amide bonds. The molecule has 0 radical (unpaired) electrons. The minimum atomic E-state index is -3.55. The van der Waals surface area contributed by atoms with Gasteiger partial charge < -0.3 is 9.47 Å². The van der Waals surface area contributed by atoms with Crippen LogP contribution in [0.2, 0.25) is 0 Å². The Hall–Kier alpha value is -1.94. The van der Waals surface area contributed by atoms with Crippen LogP contribution in [0, 0.1) is 0 Å². The van der Waals surface area contributed by atoms with E-state index in [-0.39, 0.29) is 11.8 Å². The van der Waals surface area contributed by atoms with Crippen molar-refractivity contribution in [1.29, 1.82) is 0 Å². The topological polar surface area (TPSA) is 111 Å². The lowest BCUT2D eigenvalue weighted by Gasteiger charge is -2.02. The van der Waals surface area contributed by atoms with Crippen LogP contribution in [0.4, 0.5) is 0 Å². The summed E-state index contributed by atoms with van der Waals surface area (Å²) in [6.07, 6.45) is 0. The summed E-state index contributed by atoms with van der Waals surface area (Å²) in [5.41, 5.74) is 0.938. The summed E-state index contributed by atoms with van der Waals surface area (Å²) >= 11 is 0. The zero-order valence-corrected chi connectivity index (χ0v) is 11.5. The summed E-state index contributed by atoms with van der Waals surface area (Å²) in [7, 11) is -7.09. The summed E-state index contributed by atoms with van der Waals surface area (Å²) in [5.74, 6) is -0.923. The smallest absolute Gasteiger partial charge is 0.291 e. The predicted octanol–water partition coefficient (Wildman–Crippen LogP) is -0.185. The first-order valence-corrected chi connectivity index (χ1v) is 8.58. The van der Waals surface area contributed by atoms with Crippen LogP contribution < -0.4 is 0 Å². The highest BCUT2D eigenvalue weighted by Crippen LogP contribution is 2.17. The first kappa shape index (κ1) is 13.1. The monoisotopic (exact) mass is 316 g/mol. The summed E-state index contributed by atoms with van der Waals surface area (Å²) in [4.78, 5) is 0. The van der Waals surface area contributed by atoms with Crippen molar-refractivity contribution < 1.29 is 26.3 Å². The van der Waals surface area contributed by atoms with Crippen molar-refractivity contribution in [3.8, 4) is 0 Å². The van der Waals surface area contributed by atoms with E-state index in [4.69, 9.17) is 9.47 Å². The minimum Gasteiger partial charge on any atom is -0.458 e. The van der Waals surface area contributed by atoms with E-state index in [1.54, 1.807) is 24.3 Å². The van der Waals surface area contributed by atoms with Crippen molar-refractivity contribution in [3.63, 3.8) is 0 Å². The molecule has 2 aliphatic heterocycles. The fraction of sp³-hybridized carbons (Fsp3) is 0.200. The highest BCUT2D eigenvalue weighted by Gasteiger charge is 2.25. The maximum Gasteiger partial charge on any atom is 0.291 e. The molecule has 2 aliphatic rings. The van der Waals surface area contributed by atoms with Gasteiger partial charge in [0.15, 0.2) is 0 Å². The molecule has 0 saturated heterocycles. The molecule has 1 aromatic carbocycles. The van der Waals surface area contributed by atoms with Gasteiger partial charge in [0.05, 0.1) is 0 Å². The summed E-state index contributed by atoms with van der Waals surface area (Å²) < 4.78 is 61.4. The Balaban J connectivity index is 1.90. The van der Waals surface area contributed by atoms with Crippen LogP contribution in [0.25, 0.3) is 0 Å².